The highest BCUT2D eigenvalue weighted by Crippen LogP contribution is 2.14. The minimum atomic E-state index is 0.00283. The second kappa shape index (κ2) is 6.01. The lowest BCUT2D eigenvalue weighted by Crippen LogP contribution is -2.23. The lowest BCUT2D eigenvalue weighted by Gasteiger charge is -2.13. The normalized spacial score (nSPS) is 13.4. The first kappa shape index (κ1) is 13.1. The van der Waals surface area contributed by atoms with E-state index in [0.29, 0.717) is 12.2 Å². The largest absolute Gasteiger partial charge is 0.468 e. The van der Waals surface area contributed by atoms with Crippen molar-refractivity contribution in [2.24, 2.45) is 10.9 Å². The van der Waals surface area contributed by atoms with Crippen molar-refractivity contribution in [1.29, 1.82) is 0 Å². The van der Waals surface area contributed by atoms with Crippen LogP contribution in [0.5, 0.6) is 0 Å². The number of amidine groups is 1. The Balaban J connectivity index is 2.08. The number of oxime groups is 1. The van der Waals surface area contributed by atoms with Crippen LogP contribution in [0.2, 0.25) is 0 Å². The zero-order valence-corrected chi connectivity index (χ0v) is 10.6. The van der Waals surface area contributed by atoms with Crippen LogP contribution in [0, 0.1) is 0 Å². The first-order valence-corrected chi connectivity index (χ1v) is 5.91. The molecule has 1 atom stereocenters. The summed E-state index contributed by atoms with van der Waals surface area (Å²) in [5, 5.41) is 15.0. The van der Waals surface area contributed by atoms with Gasteiger partial charge in [-0.25, -0.2) is 0 Å². The van der Waals surface area contributed by atoms with Gasteiger partial charge in [0.2, 0.25) is 0 Å². The Morgan fingerprint density at radius 2 is 2.37 bits per heavy atom. The summed E-state index contributed by atoms with van der Waals surface area (Å²) in [6.07, 6.45) is 3.24. The first-order valence-electron chi connectivity index (χ1n) is 5.91. The number of rotatable bonds is 5. The summed E-state index contributed by atoms with van der Waals surface area (Å²) in [5.74, 6) is 0.859. The van der Waals surface area contributed by atoms with E-state index in [2.05, 4.69) is 15.5 Å². The number of pyridine rings is 1. The quantitative estimate of drug-likeness (QED) is 0.328. The highest BCUT2D eigenvalue weighted by atomic mass is 16.4. The van der Waals surface area contributed by atoms with Crippen molar-refractivity contribution in [3.05, 3.63) is 53.7 Å². The van der Waals surface area contributed by atoms with E-state index in [-0.39, 0.29) is 11.9 Å². The Hall–Kier alpha value is -2.34. The van der Waals surface area contributed by atoms with Crippen LogP contribution in [-0.2, 0) is 6.54 Å². The molecule has 2 aromatic rings. The fraction of sp³-hybridized carbons (Fsp3) is 0.231. The summed E-state index contributed by atoms with van der Waals surface area (Å²) >= 11 is 0. The molecule has 0 aliphatic carbocycles. The molecule has 19 heavy (non-hydrogen) atoms. The fourth-order valence-corrected chi connectivity index (χ4v) is 1.76. The summed E-state index contributed by atoms with van der Waals surface area (Å²) in [6.45, 7) is 2.54. The number of nitrogens with two attached hydrogens (primary N) is 1. The van der Waals surface area contributed by atoms with Crippen molar-refractivity contribution < 1.29 is 9.62 Å². The molecular formula is C13H16N4O2. The topological polar surface area (TPSA) is 96.7 Å². The Morgan fingerprint density at radius 3 is 3.05 bits per heavy atom. The molecular weight excluding hydrogens is 244 g/mol. The van der Waals surface area contributed by atoms with Gasteiger partial charge < -0.3 is 20.7 Å². The molecule has 100 valence electrons. The molecule has 2 aromatic heterocycles. The zero-order valence-electron chi connectivity index (χ0n) is 10.6. The summed E-state index contributed by atoms with van der Waals surface area (Å²) in [7, 11) is 0. The maximum atomic E-state index is 8.73. The number of nitrogens with one attached hydrogen (secondary N) is 1. The first-order chi connectivity index (χ1) is 9.22. The number of furan rings is 1. The van der Waals surface area contributed by atoms with Crippen LogP contribution in [0.3, 0.4) is 0 Å². The predicted octanol–water partition coefficient (Wildman–Crippen LogP) is 1.62. The van der Waals surface area contributed by atoms with E-state index in [0.717, 1.165) is 11.3 Å². The Labute approximate surface area is 110 Å². The van der Waals surface area contributed by atoms with Gasteiger partial charge in [-0.2, -0.15) is 0 Å². The van der Waals surface area contributed by atoms with Gasteiger partial charge in [0.15, 0.2) is 5.84 Å². The molecule has 0 saturated heterocycles. The minimum absolute atomic E-state index is 0.00283. The van der Waals surface area contributed by atoms with Crippen molar-refractivity contribution in [3.63, 3.8) is 0 Å². The van der Waals surface area contributed by atoms with E-state index in [4.69, 9.17) is 15.4 Å². The maximum absolute atomic E-state index is 8.73. The van der Waals surface area contributed by atoms with Crippen molar-refractivity contribution >= 4 is 5.84 Å². The molecule has 0 aliphatic heterocycles. The van der Waals surface area contributed by atoms with E-state index < -0.39 is 0 Å². The Kier molecular flexibility index (Phi) is 4.15. The fourth-order valence-electron chi connectivity index (χ4n) is 1.76. The van der Waals surface area contributed by atoms with Gasteiger partial charge in [0, 0.05) is 12.7 Å². The molecule has 0 fully saturated rings. The van der Waals surface area contributed by atoms with Crippen LogP contribution >= 0.6 is 0 Å². The number of hydrogen-bond donors (Lipinski definition) is 3. The molecule has 2 rings (SSSR count). The van der Waals surface area contributed by atoms with Crippen LogP contribution < -0.4 is 11.1 Å². The Morgan fingerprint density at radius 1 is 1.53 bits per heavy atom. The molecule has 0 unspecified atom stereocenters. The number of hydrogen-bond acceptors (Lipinski definition) is 5. The number of nitrogens with zero attached hydrogens (tertiary/aromatic N) is 2. The molecule has 0 aliphatic rings. The van der Waals surface area contributed by atoms with Crippen molar-refractivity contribution in [2.75, 3.05) is 0 Å². The lowest BCUT2D eigenvalue weighted by molar-refractivity contribution is 0.318. The molecule has 4 N–H and O–H groups in total. The van der Waals surface area contributed by atoms with Crippen LogP contribution in [-0.4, -0.2) is 16.0 Å². The molecule has 0 bridgehead atoms. The van der Waals surface area contributed by atoms with E-state index in [1.165, 1.54) is 0 Å². The van der Waals surface area contributed by atoms with Crippen LogP contribution in [0.15, 0.2) is 46.3 Å². The van der Waals surface area contributed by atoms with Gasteiger partial charge in [0.25, 0.3) is 0 Å². The van der Waals surface area contributed by atoms with Gasteiger partial charge >= 0.3 is 0 Å². The van der Waals surface area contributed by atoms with Crippen LogP contribution in [0.25, 0.3) is 0 Å². The smallest absolute Gasteiger partial charge is 0.189 e. The molecule has 6 heteroatoms. The second-order valence-corrected chi connectivity index (χ2v) is 4.11. The summed E-state index contributed by atoms with van der Waals surface area (Å²) < 4.78 is 5.32. The third kappa shape index (κ3) is 3.11. The molecule has 0 amide bonds. The summed E-state index contributed by atoms with van der Waals surface area (Å²) in [5.41, 5.74) is 6.92. The summed E-state index contributed by atoms with van der Waals surface area (Å²) in [6, 6.07) is 7.51. The monoisotopic (exact) mass is 260 g/mol. The second-order valence-electron chi connectivity index (χ2n) is 4.11. The third-order valence-corrected chi connectivity index (χ3v) is 2.81. The molecule has 6 nitrogen and oxygen atoms in total. The minimum Gasteiger partial charge on any atom is -0.468 e. The molecule has 0 saturated carbocycles. The van der Waals surface area contributed by atoms with Gasteiger partial charge in [-0.15, -0.1) is 0 Å². The van der Waals surface area contributed by atoms with Crippen molar-refractivity contribution in [2.45, 2.75) is 19.5 Å². The molecule has 2 heterocycles. The van der Waals surface area contributed by atoms with E-state index in [9.17, 15) is 0 Å². The van der Waals surface area contributed by atoms with E-state index >= 15 is 0 Å². The standard InChI is InChI=1S/C13H16N4O2/c1-9(11-5-3-7-19-11)16-8-10-4-2-6-15-12(10)13(14)17-18/h2-7,9,16,18H,8H2,1H3,(H2,14,17)/t9-/m1/s1. The molecule has 0 aromatic carbocycles. The van der Waals surface area contributed by atoms with Gasteiger partial charge in [0.1, 0.15) is 11.5 Å². The SMILES string of the molecule is C[C@@H](NCc1cccnc1/C(N)=N/O)c1ccco1. The van der Waals surface area contributed by atoms with Crippen LogP contribution in [0.1, 0.15) is 30.0 Å². The third-order valence-electron chi connectivity index (χ3n) is 2.81. The molecule has 0 spiro atoms. The highest BCUT2D eigenvalue weighted by Gasteiger charge is 2.11. The average molecular weight is 260 g/mol. The van der Waals surface area contributed by atoms with E-state index in [1.807, 2.05) is 31.2 Å². The maximum Gasteiger partial charge on any atom is 0.189 e. The lowest BCUT2D eigenvalue weighted by atomic mass is 10.1. The van der Waals surface area contributed by atoms with Crippen molar-refractivity contribution in [3.8, 4) is 0 Å². The average Bonchev–Trinajstić information content (AvgIpc) is 2.98. The van der Waals surface area contributed by atoms with Gasteiger partial charge in [-0.05, 0) is 30.7 Å². The zero-order chi connectivity index (χ0) is 13.7. The highest BCUT2D eigenvalue weighted by molar-refractivity contribution is 5.96. The van der Waals surface area contributed by atoms with Gasteiger partial charge in [0.05, 0.1) is 12.3 Å². The van der Waals surface area contributed by atoms with Gasteiger partial charge in [-0.1, -0.05) is 11.2 Å². The Bertz CT molecular complexity index is 552. The molecule has 0 radical (unpaired) electrons. The van der Waals surface area contributed by atoms with E-state index in [1.54, 1.807) is 12.5 Å². The van der Waals surface area contributed by atoms with Gasteiger partial charge in [-0.3, -0.25) is 4.98 Å². The number of aromatic nitrogens is 1. The van der Waals surface area contributed by atoms with Crippen LogP contribution in [0.4, 0.5) is 0 Å². The summed E-state index contributed by atoms with van der Waals surface area (Å²) in [4.78, 5) is 4.11. The predicted molar refractivity (Wildman–Crippen MR) is 70.7 cm³/mol. The van der Waals surface area contributed by atoms with Crippen molar-refractivity contribution in [1.82, 2.24) is 10.3 Å².